The Labute approximate surface area is 170 Å². The number of ether oxygens (including phenoxy) is 2. The number of aromatic nitrogens is 3. The number of carbonyl (C=O) groups is 1. The summed E-state index contributed by atoms with van der Waals surface area (Å²) in [5.74, 6) is -0.0267. The summed E-state index contributed by atoms with van der Waals surface area (Å²) in [6, 6.07) is 8.06. The molecule has 3 aromatic rings. The molecule has 0 fully saturated rings. The Bertz CT molecular complexity index is 1090. The van der Waals surface area contributed by atoms with Crippen molar-refractivity contribution in [3.63, 3.8) is 0 Å². The van der Waals surface area contributed by atoms with E-state index in [1.54, 1.807) is 23.1 Å². The summed E-state index contributed by atoms with van der Waals surface area (Å²) in [7, 11) is 0. The molecule has 2 aromatic heterocycles. The van der Waals surface area contributed by atoms with Crippen molar-refractivity contribution >= 4 is 22.6 Å². The number of halogens is 2. The van der Waals surface area contributed by atoms with Gasteiger partial charge in [-0.1, -0.05) is 0 Å². The van der Waals surface area contributed by atoms with Crippen LogP contribution in [0.25, 0.3) is 10.9 Å². The summed E-state index contributed by atoms with van der Waals surface area (Å²) >= 11 is 0. The van der Waals surface area contributed by atoms with Crippen LogP contribution < -0.4 is 10.5 Å². The van der Waals surface area contributed by atoms with Gasteiger partial charge in [0.15, 0.2) is 0 Å². The van der Waals surface area contributed by atoms with Gasteiger partial charge in [0.05, 0.1) is 31.0 Å². The summed E-state index contributed by atoms with van der Waals surface area (Å²) < 4.78 is 34.2. The SMILES string of the molecule is CCN(Cc1ccc(OC(F)F)nn1)C(=O)c1ccc2nc(N)c3c(c2c1)COC3. The highest BCUT2D eigenvalue weighted by Gasteiger charge is 2.21. The van der Waals surface area contributed by atoms with E-state index in [2.05, 4.69) is 19.9 Å². The second-order valence-electron chi connectivity index (χ2n) is 6.74. The monoisotopic (exact) mass is 415 g/mol. The molecule has 1 aliphatic rings. The fourth-order valence-corrected chi connectivity index (χ4v) is 3.40. The third kappa shape index (κ3) is 3.86. The van der Waals surface area contributed by atoms with Crippen LogP contribution in [-0.4, -0.2) is 39.1 Å². The van der Waals surface area contributed by atoms with Crippen LogP contribution in [0.1, 0.15) is 34.1 Å². The quantitative estimate of drug-likeness (QED) is 0.660. The van der Waals surface area contributed by atoms with E-state index >= 15 is 0 Å². The minimum Gasteiger partial charge on any atom is -0.415 e. The van der Waals surface area contributed by atoms with Crippen LogP contribution in [0, 0.1) is 0 Å². The molecule has 0 radical (unpaired) electrons. The molecule has 4 rings (SSSR count). The maximum absolute atomic E-state index is 13.1. The summed E-state index contributed by atoms with van der Waals surface area (Å²) in [6.07, 6.45) is 0. The van der Waals surface area contributed by atoms with Crippen LogP contribution in [0.4, 0.5) is 14.6 Å². The number of alkyl halides is 2. The summed E-state index contributed by atoms with van der Waals surface area (Å²) in [5.41, 5.74) is 9.47. The fraction of sp³-hybridized carbons (Fsp3) is 0.300. The highest BCUT2D eigenvalue weighted by molar-refractivity contribution is 5.99. The van der Waals surface area contributed by atoms with E-state index in [4.69, 9.17) is 10.5 Å². The van der Waals surface area contributed by atoms with Crippen LogP contribution in [0.5, 0.6) is 5.88 Å². The van der Waals surface area contributed by atoms with Gasteiger partial charge in [-0.3, -0.25) is 4.79 Å². The van der Waals surface area contributed by atoms with Crippen molar-refractivity contribution < 1.29 is 23.0 Å². The first-order valence-corrected chi connectivity index (χ1v) is 9.31. The Balaban J connectivity index is 1.57. The molecule has 0 spiro atoms. The molecule has 8 nitrogen and oxygen atoms in total. The topological polar surface area (TPSA) is 103 Å². The highest BCUT2D eigenvalue weighted by atomic mass is 19.3. The number of amides is 1. The van der Waals surface area contributed by atoms with E-state index in [9.17, 15) is 13.6 Å². The van der Waals surface area contributed by atoms with Gasteiger partial charge in [0.25, 0.3) is 5.91 Å². The first-order valence-electron chi connectivity index (χ1n) is 9.31. The molecule has 3 heterocycles. The van der Waals surface area contributed by atoms with Gasteiger partial charge in [0.1, 0.15) is 5.82 Å². The van der Waals surface area contributed by atoms with Crippen molar-refractivity contribution in [1.29, 1.82) is 0 Å². The van der Waals surface area contributed by atoms with E-state index < -0.39 is 6.61 Å². The number of nitrogens with two attached hydrogens (primary N) is 1. The molecule has 0 unspecified atom stereocenters. The zero-order valence-electron chi connectivity index (χ0n) is 16.1. The van der Waals surface area contributed by atoms with Crippen molar-refractivity contribution in [1.82, 2.24) is 20.1 Å². The van der Waals surface area contributed by atoms with Gasteiger partial charge in [-0.05, 0) is 36.8 Å². The molecule has 0 bridgehead atoms. The Kier molecular flexibility index (Phi) is 5.40. The lowest BCUT2D eigenvalue weighted by Crippen LogP contribution is -2.30. The van der Waals surface area contributed by atoms with E-state index in [0.717, 1.165) is 16.5 Å². The summed E-state index contributed by atoms with van der Waals surface area (Å²) in [4.78, 5) is 19.1. The van der Waals surface area contributed by atoms with Gasteiger partial charge in [-0.2, -0.15) is 13.9 Å². The van der Waals surface area contributed by atoms with Crippen molar-refractivity contribution in [2.24, 2.45) is 0 Å². The molecular formula is C20H19F2N5O3. The van der Waals surface area contributed by atoms with Crippen molar-refractivity contribution in [3.05, 3.63) is 52.7 Å². The lowest BCUT2D eigenvalue weighted by atomic mass is 10.0. The number of carbonyl (C=O) groups excluding carboxylic acids is 1. The predicted octanol–water partition coefficient (Wildman–Crippen LogP) is 2.90. The Morgan fingerprint density at radius 3 is 2.73 bits per heavy atom. The Morgan fingerprint density at radius 2 is 2.03 bits per heavy atom. The first kappa shape index (κ1) is 19.9. The van der Waals surface area contributed by atoms with Crippen molar-refractivity contribution in [2.45, 2.75) is 33.3 Å². The molecule has 30 heavy (non-hydrogen) atoms. The predicted molar refractivity (Wildman–Crippen MR) is 104 cm³/mol. The smallest absolute Gasteiger partial charge is 0.388 e. The number of hydrogen-bond acceptors (Lipinski definition) is 7. The molecule has 0 saturated carbocycles. The highest BCUT2D eigenvalue weighted by Crippen LogP contribution is 2.31. The van der Waals surface area contributed by atoms with Crippen LogP contribution in [-0.2, 0) is 24.5 Å². The lowest BCUT2D eigenvalue weighted by molar-refractivity contribution is -0.0534. The van der Waals surface area contributed by atoms with Gasteiger partial charge < -0.3 is 20.1 Å². The number of hydrogen-bond donors (Lipinski definition) is 1. The third-order valence-corrected chi connectivity index (χ3v) is 4.90. The number of rotatable bonds is 6. The number of pyridine rings is 1. The molecule has 10 heteroatoms. The average Bonchev–Trinajstić information content (AvgIpc) is 3.23. The van der Waals surface area contributed by atoms with Crippen LogP contribution in [0.15, 0.2) is 30.3 Å². The number of fused-ring (bicyclic) bond motifs is 3. The first-order chi connectivity index (χ1) is 14.5. The van der Waals surface area contributed by atoms with Gasteiger partial charge in [0, 0.05) is 29.1 Å². The standard InChI is InChI=1S/C20H19F2N5O3/c1-2-27(8-12-4-6-17(26-25-12)30-20(21)22)19(28)11-3-5-16-13(7-11)14-9-29-10-15(14)18(23)24-16/h3-7,20H,2,8-10H2,1H3,(H2,23,24). The van der Waals surface area contributed by atoms with Gasteiger partial charge in [-0.25, -0.2) is 4.98 Å². The Hall–Kier alpha value is -3.40. The number of benzene rings is 1. The van der Waals surface area contributed by atoms with E-state index in [-0.39, 0.29) is 18.3 Å². The maximum Gasteiger partial charge on any atom is 0.388 e. The van der Waals surface area contributed by atoms with Crippen LogP contribution in [0.3, 0.4) is 0 Å². The number of nitrogens with zero attached hydrogens (tertiary/aromatic N) is 4. The van der Waals surface area contributed by atoms with Crippen molar-refractivity contribution in [3.8, 4) is 5.88 Å². The van der Waals surface area contributed by atoms with E-state index in [1.165, 1.54) is 12.1 Å². The zero-order chi connectivity index (χ0) is 21.3. The average molecular weight is 415 g/mol. The fourth-order valence-electron chi connectivity index (χ4n) is 3.40. The molecule has 0 aliphatic carbocycles. The molecule has 0 atom stereocenters. The molecule has 0 saturated heterocycles. The second kappa shape index (κ2) is 8.15. The normalized spacial score (nSPS) is 12.9. The second-order valence-corrected chi connectivity index (χ2v) is 6.74. The molecule has 156 valence electrons. The summed E-state index contributed by atoms with van der Waals surface area (Å²) in [5, 5.41) is 8.30. The van der Waals surface area contributed by atoms with Gasteiger partial charge >= 0.3 is 6.61 Å². The summed E-state index contributed by atoms with van der Waals surface area (Å²) in [6.45, 7) is 0.312. The molecular weight excluding hydrogens is 396 g/mol. The molecule has 1 aliphatic heterocycles. The number of nitrogen functional groups attached to an aromatic ring is 1. The van der Waals surface area contributed by atoms with Crippen LogP contribution >= 0.6 is 0 Å². The lowest BCUT2D eigenvalue weighted by Gasteiger charge is -2.21. The minimum absolute atomic E-state index is 0.177. The molecule has 1 amide bonds. The van der Waals surface area contributed by atoms with E-state index in [0.29, 0.717) is 42.4 Å². The molecule has 2 N–H and O–H groups in total. The number of anilines is 1. The van der Waals surface area contributed by atoms with E-state index in [1.807, 2.05) is 6.92 Å². The minimum atomic E-state index is -2.97. The largest absolute Gasteiger partial charge is 0.415 e. The van der Waals surface area contributed by atoms with Gasteiger partial charge in [-0.15, -0.1) is 5.10 Å². The Morgan fingerprint density at radius 1 is 1.23 bits per heavy atom. The van der Waals surface area contributed by atoms with Gasteiger partial charge in [0.2, 0.25) is 5.88 Å². The molecule has 1 aromatic carbocycles. The maximum atomic E-state index is 13.1. The third-order valence-electron chi connectivity index (χ3n) is 4.90. The zero-order valence-corrected chi connectivity index (χ0v) is 16.1. The van der Waals surface area contributed by atoms with Crippen LogP contribution in [0.2, 0.25) is 0 Å². The van der Waals surface area contributed by atoms with Crippen molar-refractivity contribution in [2.75, 3.05) is 12.3 Å².